The summed E-state index contributed by atoms with van der Waals surface area (Å²) in [6.45, 7) is 6.28. The molecule has 0 spiro atoms. The van der Waals surface area contributed by atoms with E-state index in [1.54, 1.807) is 0 Å². The van der Waals surface area contributed by atoms with Crippen molar-refractivity contribution < 1.29 is 14.7 Å². The predicted molar refractivity (Wildman–Crippen MR) is 74.3 cm³/mol. The number of amides is 1. The number of nitrogens with zero attached hydrogens (tertiary/aromatic N) is 1. The molecule has 1 fully saturated rings. The fourth-order valence-electron chi connectivity index (χ4n) is 2.03. The summed E-state index contributed by atoms with van der Waals surface area (Å²) < 4.78 is 0. The van der Waals surface area contributed by atoms with Gasteiger partial charge in [0.1, 0.15) is 0 Å². The van der Waals surface area contributed by atoms with Crippen LogP contribution < -0.4 is 0 Å². The largest absolute Gasteiger partial charge is 0.479 e. The molecule has 0 radical (unpaired) electrons. The molecule has 4 nitrogen and oxygen atoms in total. The second-order valence-electron chi connectivity index (χ2n) is 5.98. The molecule has 2 rings (SSSR count). The first-order valence-electron chi connectivity index (χ1n) is 6.40. The highest BCUT2D eigenvalue weighted by Crippen LogP contribution is 2.38. The summed E-state index contributed by atoms with van der Waals surface area (Å²) in [7, 11) is 0. The first-order valence-corrected chi connectivity index (χ1v) is 7.22. The number of rotatable bonds is 5. The van der Waals surface area contributed by atoms with Crippen molar-refractivity contribution in [1.82, 2.24) is 4.90 Å². The monoisotopic (exact) mass is 281 g/mol. The third-order valence-electron chi connectivity index (χ3n) is 3.26. The molecule has 1 atom stereocenters. The van der Waals surface area contributed by atoms with Gasteiger partial charge >= 0.3 is 5.97 Å². The van der Waals surface area contributed by atoms with E-state index in [0.29, 0.717) is 6.41 Å². The summed E-state index contributed by atoms with van der Waals surface area (Å²) in [5, 5.41) is 9.42. The van der Waals surface area contributed by atoms with Crippen LogP contribution in [0.3, 0.4) is 0 Å². The van der Waals surface area contributed by atoms with E-state index in [4.69, 9.17) is 0 Å². The quantitative estimate of drug-likeness (QED) is 0.844. The van der Waals surface area contributed by atoms with Crippen molar-refractivity contribution in [2.75, 3.05) is 0 Å². The summed E-state index contributed by atoms with van der Waals surface area (Å²) in [4.78, 5) is 26.0. The highest BCUT2D eigenvalue weighted by Gasteiger charge is 2.38. The molecular weight excluding hydrogens is 262 g/mol. The van der Waals surface area contributed by atoms with Crippen molar-refractivity contribution >= 4 is 23.7 Å². The molecular formula is C14H19NO3S. The normalized spacial score (nSPS) is 17.0. The molecule has 1 aliphatic rings. The standard InChI is InChI=1S/C14H19NO3S/c1-14(2,3)11-7-6-10(19-11)12(13(17)18)15(8-16)9-4-5-9/h6-9,12H,4-5H2,1-3H3,(H,17,18). The van der Waals surface area contributed by atoms with Crippen molar-refractivity contribution in [3.05, 3.63) is 21.9 Å². The van der Waals surface area contributed by atoms with Gasteiger partial charge in [-0.15, -0.1) is 11.3 Å². The topological polar surface area (TPSA) is 57.6 Å². The molecule has 104 valence electrons. The van der Waals surface area contributed by atoms with Gasteiger partial charge in [-0.25, -0.2) is 4.79 Å². The lowest BCUT2D eigenvalue weighted by Gasteiger charge is -2.24. The van der Waals surface area contributed by atoms with Crippen molar-refractivity contribution in [3.8, 4) is 0 Å². The Balaban J connectivity index is 2.31. The summed E-state index contributed by atoms with van der Waals surface area (Å²) in [6, 6.07) is 3.05. The van der Waals surface area contributed by atoms with Gasteiger partial charge in [-0.1, -0.05) is 20.8 Å². The minimum Gasteiger partial charge on any atom is -0.479 e. The molecule has 1 aromatic rings. The predicted octanol–water partition coefficient (Wildman–Crippen LogP) is 2.79. The molecule has 5 heteroatoms. The van der Waals surface area contributed by atoms with E-state index in [9.17, 15) is 14.7 Å². The summed E-state index contributed by atoms with van der Waals surface area (Å²) in [5.41, 5.74) is -0.00242. The molecule has 1 aliphatic carbocycles. The van der Waals surface area contributed by atoms with Crippen LogP contribution in [0.4, 0.5) is 0 Å². The van der Waals surface area contributed by atoms with Crippen molar-refractivity contribution in [2.24, 2.45) is 0 Å². The molecule has 0 aliphatic heterocycles. The molecule has 1 N–H and O–H groups in total. The second kappa shape index (κ2) is 4.96. The Hall–Kier alpha value is -1.36. The minimum atomic E-state index is -0.957. The maximum atomic E-state index is 11.5. The van der Waals surface area contributed by atoms with Gasteiger partial charge in [0.25, 0.3) is 0 Å². The number of hydrogen-bond donors (Lipinski definition) is 1. The maximum absolute atomic E-state index is 11.5. The third-order valence-corrected chi connectivity index (χ3v) is 4.82. The fraction of sp³-hybridized carbons (Fsp3) is 0.571. The first-order chi connectivity index (χ1) is 8.84. The number of carbonyl (C=O) groups excluding carboxylic acids is 1. The maximum Gasteiger partial charge on any atom is 0.331 e. The lowest BCUT2D eigenvalue weighted by molar-refractivity contribution is -0.147. The average Bonchev–Trinajstić information content (AvgIpc) is 3.01. The van der Waals surface area contributed by atoms with Gasteiger partial charge in [0.05, 0.1) is 0 Å². The van der Waals surface area contributed by atoms with Crippen LogP contribution in [0.5, 0.6) is 0 Å². The number of aliphatic carboxylic acids is 1. The molecule has 0 aromatic carbocycles. The van der Waals surface area contributed by atoms with E-state index in [-0.39, 0.29) is 11.5 Å². The zero-order valence-corrected chi connectivity index (χ0v) is 12.2. The molecule has 0 bridgehead atoms. The summed E-state index contributed by atoms with van der Waals surface area (Å²) >= 11 is 1.48. The van der Waals surface area contributed by atoms with E-state index < -0.39 is 12.0 Å². The van der Waals surface area contributed by atoms with E-state index in [0.717, 1.165) is 22.6 Å². The molecule has 1 amide bonds. The Morgan fingerprint density at radius 2 is 2.11 bits per heavy atom. The van der Waals surface area contributed by atoms with Crippen molar-refractivity contribution in [1.29, 1.82) is 0 Å². The molecule has 0 saturated heterocycles. The molecule has 1 aromatic heterocycles. The van der Waals surface area contributed by atoms with Gasteiger partial charge in [0, 0.05) is 15.8 Å². The Morgan fingerprint density at radius 3 is 2.47 bits per heavy atom. The lowest BCUT2D eigenvalue weighted by atomic mass is 9.95. The molecule has 1 saturated carbocycles. The van der Waals surface area contributed by atoms with Gasteiger partial charge < -0.3 is 10.0 Å². The highest BCUT2D eigenvalue weighted by atomic mass is 32.1. The van der Waals surface area contributed by atoms with Gasteiger partial charge in [-0.2, -0.15) is 0 Å². The van der Waals surface area contributed by atoms with E-state index in [1.807, 2.05) is 12.1 Å². The molecule has 19 heavy (non-hydrogen) atoms. The smallest absolute Gasteiger partial charge is 0.331 e. The Labute approximate surface area is 117 Å². The zero-order chi connectivity index (χ0) is 14.2. The van der Waals surface area contributed by atoms with Crippen LogP contribution in [0.15, 0.2) is 12.1 Å². The minimum absolute atomic E-state index is 0.00242. The van der Waals surface area contributed by atoms with Crippen LogP contribution in [0.2, 0.25) is 0 Å². The van der Waals surface area contributed by atoms with Crippen molar-refractivity contribution in [2.45, 2.75) is 51.1 Å². The van der Waals surface area contributed by atoms with E-state index in [2.05, 4.69) is 20.8 Å². The molecule has 1 heterocycles. The van der Waals surface area contributed by atoms with Crippen LogP contribution in [-0.2, 0) is 15.0 Å². The number of carboxylic acids is 1. The van der Waals surface area contributed by atoms with Gasteiger partial charge in [-0.3, -0.25) is 4.79 Å². The van der Waals surface area contributed by atoms with E-state index in [1.165, 1.54) is 16.2 Å². The fourth-order valence-corrected chi connectivity index (χ4v) is 3.20. The number of carboxylic acid groups (broad SMARTS) is 1. The highest BCUT2D eigenvalue weighted by molar-refractivity contribution is 7.12. The van der Waals surface area contributed by atoms with Crippen LogP contribution in [0, 0.1) is 0 Å². The van der Waals surface area contributed by atoms with E-state index >= 15 is 0 Å². The zero-order valence-electron chi connectivity index (χ0n) is 11.4. The SMILES string of the molecule is CC(C)(C)c1ccc(C(C(=O)O)N(C=O)C2CC2)s1. The van der Waals surface area contributed by atoms with Crippen LogP contribution in [0.1, 0.15) is 49.4 Å². The summed E-state index contributed by atoms with van der Waals surface area (Å²) in [5.74, 6) is -0.957. The second-order valence-corrected chi connectivity index (χ2v) is 7.09. The number of carbonyl (C=O) groups is 2. The van der Waals surface area contributed by atoms with Crippen LogP contribution >= 0.6 is 11.3 Å². The molecule has 1 unspecified atom stereocenters. The third kappa shape index (κ3) is 2.97. The first kappa shape index (κ1) is 14.1. The Kier molecular flexibility index (Phi) is 3.67. The number of thiophene rings is 1. The average molecular weight is 281 g/mol. The van der Waals surface area contributed by atoms with Gasteiger partial charge in [0.2, 0.25) is 6.41 Å². The van der Waals surface area contributed by atoms with Crippen LogP contribution in [0.25, 0.3) is 0 Å². The van der Waals surface area contributed by atoms with Crippen LogP contribution in [-0.4, -0.2) is 28.4 Å². The van der Waals surface area contributed by atoms with Gasteiger partial charge in [-0.05, 0) is 30.4 Å². The Morgan fingerprint density at radius 1 is 1.47 bits per heavy atom. The lowest BCUT2D eigenvalue weighted by Crippen LogP contribution is -2.34. The Bertz CT molecular complexity index is 485. The van der Waals surface area contributed by atoms with Crippen molar-refractivity contribution in [3.63, 3.8) is 0 Å². The number of hydrogen-bond acceptors (Lipinski definition) is 3. The van der Waals surface area contributed by atoms with Gasteiger partial charge in [0.15, 0.2) is 6.04 Å². The summed E-state index contributed by atoms with van der Waals surface area (Å²) in [6.07, 6.45) is 2.48.